The van der Waals surface area contributed by atoms with Crippen molar-refractivity contribution in [2.75, 3.05) is 6.54 Å². The van der Waals surface area contributed by atoms with Crippen molar-refractivity contribution in [3.63, 3.8) is 0 Å². The van der Waals surface area contributed by atoms with Gasteiger partial charge in [0.05, 0.1) is 6.42 Å². The summed E-state index contributed by atoms with van der Waals surface area (Å²) in [7, 11) is 0. The average molecular weight is 259 g/mol. The third kappa shape index (κ3) is 3.35. The number of carbonyl (C=O) groups excluding carboxylic acids is 1. The number of aryl methyl sites for hydroxylation is 1. The van der Waals surface area contributed by atoms with Crippen molar-refractivity contribution in [1.29, 1.82) is 0 Å². The van der Waals surface area contributed by atoms with E-state index in [0.29, 0.717) is 12.5 Å². The number of rotatable bonds is 5. The maximum atomic E-state index is 11.9. The molecule has 1 fully saturated rings. The van der Waals surface area contributed by atoms with Crippen LogP contribution in [-0.4, -0.2) is 18.6 Å². The number of nitrogens with one attached hydrogen (secondary N) is 1. The molecule has 1 unspecified atom stereocenters. The first kappa shape index (κ1) is 12.7. The van der Waals surface area contributed by atoms with Crippen molar-refractivity contribution in [2.24, 2.45) is 0 Å². The van der Waals surface area contributed by atoms with Gasteiger partial charge in [0.25, 0.3) is 0 Å². The van der Waals surface area contributed by atoms with Crippen LogP contribution in [0, 0.1) is 0 Å². The highest BCUT2D eigenvalue weighted by molar-refractivity contribution is 5.70. The van der Waals surface area contributed by atoms with Gasteiger partial charge in [-0.15, -0.1) is 0 Å². The molecular weight excluding hydrogens is 238 g/mol. The third-order valence-electron chi connectivity index (χ3n) is 3.93. The molecule has 0 amide bonds. The van der Waals surface area contributed by atoms with Gasteiger partial charge in [0.15, 0.2) is 0 Å². The average Bonchev–Trinajstić information content (AvgIpc) is 3.23. The van der Waals surface area contributed by atoms with Gasteiger partial charge in [-0.25, -0.2) is 0 Å². The summed E-state index contributed by atoms with van der Waals surface area (Å²) in [4.78, 5) is 11.9. The Hall–Kier alpha value is -1.35. The van der Waals surface area contributed by atoms with Gasteiger partial charge in [-0.05, 0) is 43.2 Å². The summed E-state index contributed by atoms with van der Waals surface area (Å²) in [5.41, 5.74) is 2.54. The van der Waals surface area contributed by atoms with Gasteiger partial charge in [0, 0.05) is 12.6 Å². The Morgan fingerprint density at radius 2 is 2.11 bits per heavy atom. The highest BCUT2D eigenvalue weighted by Gasteiger charge is 2.24. The SMILES string of the molecule is O=C(CCNC1CC1)OC1CCCc2ccccc21. The second-order valence-electron chi connectivity index (χ2n) is 5.55. The van der Waals surface area contributed by atoms with Gasteiger partial charge in [-0.2, -0.15) is 0 Å². The number of hydrogen-bond acceptors (Lipinski definition) is 3. The van der Waals surface area contributed by atoms with E-state index in [1.807, 2.05) is 6.07 Å². The predicted octanol–water partition coefficient (Wildman–Crippen LogP) is 2.75. The molecule has 0 aliphatic heterocycles. The molecule has 0 spiro atoms. The van der Waals surface area contributed by atoms with Crippen LogP contribution in [-0.2, 0) is 16.0 Å². The number of carbonyl (C=O) groups is 1. The van der Waals surface area contributed by atoms with Crippen LogP contribution in [0.25, 0.3) is 0 Å². The molecule has 3 heteroatoms. The highest BCUT2D eigenvalue weighted by Crippen LogP contribution is 2.32. The number of benzene rings is 1. The lowest BCUT2D eigenvalue weighted by Gasteiger charge is -2.25. The van der Waals surface area contributed by atoms with Crippen molar-refractivity contribution in [3.05, 3.63) is 35.4 Å². The molecule has 2 aliphatic rings. The van der Waals surface area contributed by atoms with Crippen molar-refractivity contribution >= 4 is 5.97 Å². The molecule has 0 saturated heterocycles. The summed E-state index contributed by atoms with van der Waals surface area (Å²) in [5, 5.41) is 3.34. The minimum absolute atomic E-state index is 0.0293. The molecule has 0 aromatic heterocycles. The molecule has 102 valence electrons. The predicted molar refractivity (Wildman–Crippen MR) is 73.9 cm³/mol. The fraction of sp³-hybridized carbons (Fsp3) is 0.562. The topological polar surface area (TPSA) is 38.3 Å². The largest absolute Gasteiger partial charge is 0.457 e. The standard InChI is InChI=1S/C16H21NO2/c18-16(10-11-17-13-8-9-13)19-15-7-3-5-12-4-1-2-6-14(12)15/h1-2,4,6,13,15,17H,3,5,7-11H2. The van der Waals surface area contributed by atoms with Gasteiger partial charge in [-0.1, -0.05) is 24.3 Å². The maximum Gasteiger partial charge on any atom is 0.307 e. The van der Waals surface area contributed by atoms with E-state index in [2.05, 4.69) is 23.5 Å². The van der Waals surface area contributed by atoms with E-state index < -0.39 is 0 Å². The lowest BCUT2D eigenvalue weighted by molar-refractivity contribution is -0.150. The molecule has 2 aliphatic carbocycles. The normalized spacial score (nSPS) is 21.8. The van der Waals surface area contributed by atoms with Crippen molar-refractivity contribution < 1.29 is 9.53 Å². The molecule has 0 heterocycles. The molecule has 3 rings (SSSR count). The second kappa shape index (κ2) is 5.74. The van der Waals surface area contributed by atoms with E-state index in [9.17, 15) is 4.79 Å². The van der Waals surface area contributed by atoms with Gasteiger partial charge >= 0.3 is 5.97 Å². The van der Waals surface area contributed by atoms with Crippen molar-refractivity contribution in [1.82, 2.24) is 5.32 Å². The molecule has 19 heavy (non-hydrogen) atoms. The first-order valence-corrected chi connectivity index (χ1v) is 7.33. The molecule has 1 N–H and O–H groups in total. The van der Waals surface area contributed by atoms with Crippen LogP contribution in [0.4, 0.5) is 0 Å². The Balaban J connectivity index is 1.53. The molecule has 1 saturated carbocycles. The second-order valence-corrected chi connectivity index (χ2v) is 5.55. The fourth-order valence-corrected chi connectivity index (χ4v) is 2.72. The van der Waals surface area contributed by atoms with Gasteiger partial charge in [0.2, 0.25) is 0 Å². The van der Waals surface area contributed by atoms with Crippen LogP contribution in [0.1, 0.15) is 49.3 Å². The van der Waals surface area contributed by atoms with Crippen LogP contribution < -0.4 is 5.32 Å². The number of hydrogen-bond donors (Lipinski definition) is 1. The maximum absolute atomic E-state index is 11.9. The molecule has 1 aromatic rings. The Bertz CT molecular complexity index is 454. The zero-order chi connectivity index (χ0) is 13.1. The van der Waals surface area contributed by atoms with Gasteiger partial charge in [-0.3, -0.25) is 4.79 Å². The quantitative estimate of drug-likeness (QED) is 0.826. The van der Waals surface area contributed by atoms with Crippen LogP contribution in [0.15, 0.2) is 24.3 Å². The summed E-state index contributed by atoms with van der Waals surface area (Å²) in [5.74, 6) is -0.0742. The third-order valence-corrected chi connectivity index (χ3v) is 3.93. The Morgan fingerprint density at radius 3 is 2.95 bits per heavy atom. The Morgan fingerprint density at radius 1 is 1.26 bits per heavy atom. The summed E-state index contributed by atoms with van der Waals surface area (Å²) in [6.45, 7) is 0.748. The van der Waals surface area contributed by atoms with Gasteiger partial charge < -0.3 is 10.1 Å². The Kier molecular flexibility index (Phi) is 3.83. The lowest BCUT2D eigenvalue weighted by Crippen LogP contribution is -2.23. The Labute approximate surface area is 114 Å². The lowest BCUT2D eigenvalue weighted by atomic mass is 9.89. The van der Waals surface area contributed by atoms with E-state index in [1.165, 1.54) is 24.0 Å². The van der Waals surface area contributed by atoms with Crippen LogP contribution in [0.5, 0.6) is 0 Å². The van der Waals surface area contributed by atoms with Gasteiger partial charge in [0.1, 0.15) is 6.10 Å². The van der Waals surface area contributed by atoms with E-state index >= 15 is 0 Å². The minimum Gasteiger partial charge on any atom is -0.457 e. The first-order chi connectivity index (χ1) is 9.33. The van der Waals surface area contributed by atoms with E-state index in [-0.39, 0.29) is 12.1 Å². The van der Waals surface area contributed by atoms with Crippen LogP contribution in [0.2, 0.25) is 0 Å². The van der Waals surface area contributed by atoms with Crippen LogP contribution in [0.3, 0.4) is 0 Å². The first-order valence-electron chi connectivity index (χ1n) is 7.33. The summed E-state index contributed by atoms with van der Waals surface area (Å²) in [6, 6.07) is 8.98. The van der Waals surface area contributed by atoms with Crippen molar-refractivity contribution in [3.8, 4) is 0 Å². The monoisotopic (exact) mass is 259 g/mol. The molecule has 3 nitrogen and oxygen atoms in total. The van der Waals surface area contributed by atoms with E-state index in [1.54, 1.807) is 0 Å². The van der Waals surface area contributed by atoms with Crippen molar-refractivity contribution in [2.45, 2.75) is 50.7 Å². The van der Waals surface area contributed by atoms with Crippen LogP contribution >= 0.6 is 0 Å². The molecule has 0 radical (unpaired) electrons. The van der Waals surface area contributed by atoms with E-state index in [0.717, 1.165) is 25.8 Å². The minimum atomic E-state index is -0.0742. The van der Waals surface area contributed by atoms with E-state index in [4.69, 9.17) is 4.74 Å². The summed E-state index contributed by atoms with van der Waals surface area (Å²) < 4.78 is 5.64. The zero-order valence-corrected chi connectivity index (χ0v) is 11.2. The molecule has 0 bridgehead atoms. The number of fused-ring (bicyclic) bond motifs is 1. The summed E-state index contributed by atoms with van der Waals surface area (Å²) >= 11 is 0. The molecule has 1 atom stereocenters. The highest BCUT2D eigenvalue weighted by atomic mass is 16.5. The molecular formula is C16H21NO2. The zero-order valence-electron chi connectivity index (χ0n) is 11.2. The number of esters is 1. The summed E-state index contributed by atoms with van der Waals surface area (Å²) in [6.07, 6.45) is 6.13. The smallest absolute Gasteiger partial charge is 0.307 e. The molecule has 1 aromatic carbocycles. The fourth-order valence-electron chi connectivity index (χ4n) is 2.72. The number of ether oxygens (including phenoxy) is 1.